The summed E-state index contributed by atoms with van der Waals surface area (Å²) >= 11 is 1.82. The van der Waals surface area contributed by atoms with Crippen molar-refractivity contribution >= 4 is 22.4 Å². The van der Waals surface area contributed by atoms with Crippen LogP contribution in [-0.4, -0.2) is 33.1 Å². The second kappa shape index (κ2) is 9.84. The molecule has 2 aromatic carbocycles. The Balaban J connectivity index is 1.17. The van der Waals surface area contributed by atoms with E-state index in [9.17, 15) is 0 Å². The molecule has 5 aromatic rings. The molecule has 7 heteroatoms. The molecule has 3 aromatic heterocycles. The van der Waals surface area contributed by atoms with Gasteiger partial charge in [0, 0.05) is 29.2 Å². The van der Waals surface area contributed by atoms with E-state index >= 15 is 0 Å². The quantitative estimate of drug-likeness (QED) is 0.290. The van der Waals surface area contributed by atoms with Gasteiger partial charge >= 0.3 is 0 Å². The van der Waals surface area contributed by atoms with Gasteiger partial charge in [-0.2, -0.15) is 0 Å². The number of fused-ring (bicyclic) bond motifs is 2. The lowest BCUT2D eigenvalue weighted by Crippen LogP contribution is -2.23. The van der Waals surface area contributed by atoms with Crippen LogP contribution in [0, 0.1) is 6.92 Å². The maximum atomic E-state index is 6.16. The van der Waals surface area contributed by atoms with Crippen molar-refractivity contribution < 1.29 is 4.74 Å². The molecule has 6 nitrogen and oxygen atoms in total. The van der Waals surface area contributed by atoms with Crippen molar-refractivity contribution in [1.29, 1.82) is 0 Å². The van der Waals surface area contributed by atoms with Crippen LogP contribution in [0.4, 0.5) is 0 Å². The van der Waals surface area contributed by atoms with Crippen LogP contribution in [0.3, 0.4) is 0 Å². The summed E-state index contributed by atoms with van der Waals surface area (Å²) in [4.78, 5) is 18.6. The highest BCUT2D eigenvalue weighted by atomic mass is 32.1. The van der Waals surface area contributed by atoms with Crippen LogP contribution in [0.1, 0.15) is 46.5 Å². The number of aryl methyl sites for hydroxylation is 1. The first-order valence-corrected chi connectivity index (χ1v) is 13.3. The lowest BCUT2D eigenvalue weighted by Gasteiger charge is -2.25. The molecule has 0 saturated heterocycles. The first-order chi connectivity index (χ1) is 17.6. The predicted octanol–water partition coefficient (Wildman–Crippen LogP) is 6.00. The molecule has 0 spiro atoms. The van der Waals surface area contributed by atoms with Crippen molar-refractivity contribution in [3.63, 3.8) is 0 Å². The summed E-state index contributed by atoms with van der Waals surface area (Å²) in [6, 6.07) is 19.4. The normalized spacial score (nSPS) is 16.0. The average Bonchev–Trinajstić information content (AvgIpc) is 3.57. The highest BCUT2D eigenvalue weighted by Crippen LogP contribution is 2.34. The zero-order valence-electron chi connectivity index (χ0n) is 20.5. The van der Waals surface area contributed by atoms with Gasteiger partial charge in [-0.1, -0.05) is 24.3 Å². The molecule has 0 saturated carbocycles. The second-order valence-corrected chi connectivity index (χ2v) is 10.5. The Morgan fingerprint density at radius 1 is 1.14 bits per heavy atom. The minimum atomic E-state index is 0.187. The zero-order valence-corrected chi connectivity index (χ0v) is 21.3. The first kappa shape index (κ1) is 22.9. The summed E-state index contributed by atoms with van der Waals surface area (Å²) in [5.41, 5.74) is 6.48. The van der Waals surface area contributed by atoms with Crippen LogP contribution in [0.5, 0.6) is 5.75 Å². The van der Waals surface area contributed by atoms with Crippen LogP contribution < -0.4 is 10.1 Å². The lowest BCUT2D eigenvalue weighted by atomic mass is 9.93. The molecule has 2 atom stereocenters. The van der Waals surface area contributed by atoms with Gasteiger partial charge in [0.05, 0.1) is 29.3 Å². The average molecular weight is 496 g/mol. The Kier molecular flexibility index (Phi) is 6.25. The number of rotatable bonds is 7. The smallest absolute Gasteiger partial charge is 0.125 e. The maximum Gasteiger partial charge on any atom is 0.125 e. The van der Waals surface area contributed by atoms with E-state index in [0.29, 0.717) is 6.61 Å². The number of benzene rings is 2. The fourth-order valence-electron chi connectivity index (χ4n) is 4.84. The van der Waals surface area contributed by atoms with Gasteiger partial charge in [0.2, 0.25) is 0 Å². The fourth-order valence-corrected chi connectivity index (χ4v) is 5.55. The van der Waals surface area contributed by atoms with Crippen molar-refractivity contribution in [3.8, 4) is 17.0 Å². The molecule has 1 aliphatic heterocycles. The van der Waals surface area contributed by atoms with Gasteiger partial charge in [0.15, 0.2) is 0 Å². The summed E-state index contributed by atoms with van der Waals surface area (Å²) in [6.45, 7) is 5.73. The summed E-state index contributed by atoms with van der Waals surface area (Å²) in [5, 5.41) is 5.80. The lowest BCUT2D eigenvalue weighted by molar-refractivity contribution is 0.258. The Labute approximate surface area is 214 Å². The highest BCUT2D eigenvalue weighted by molar-refractivity contribution is 7.09. The molecule has 1 aliphatic rings. The van der Waals surface area contributed by atoms with Crippen LogP contribution in [0.25, 0.3) is 22.3 Å². The zero-order chi connectivity index (χ0) is 24.5. The number of nitrogens with zero attached hydrogens (tertiary/aromatic N) is 3. The molecule has 0 radical (unpaired) electrons. The molecule has 2 unspecified atom stereocenters. The van der Waals surface area contributed by atoms with Gasteiger partial charge in [-0.3, -0.25) is 0 Å². The maximum absolute atomic E-state index is 6.16. The second-order valence-electron chi connectivity index (χ2n) is 9.43. The molecule has 6 rings (SSSR count). The molecule has 0 amide bonds. The third-order valence-electron chi connectivity index (χ3n) is 6.85. The van der Waals surface area contributed by atoms with Gasteiger partial charge in [-0.25, -0.2) is 15.0 Å². The summed E-state index contributed by atoms with van der Waals surface area (Å²) in [5.74, 6) is 2.91. The van der Waals surface area contributed by atoms with E-state index in [2.05, 4.69) is 81.1 Å². The Hall–Kier alpha value is -3.55. The molecule has 4 heterocycles. The van der Waals surface area contributed by atoms with E-state index in [4.69, 9.17) is 9.72 Å². The van der Waals surface area contributed by atoms with Gasteiger partial charge in [0.25, 0.3) is 0 Å². The SMILES string of the molecule is Cc1nccc(-c2ccc3nc(C4COc5ccc(C(C)NCCc6cccs6)cc5C4)[nH]c3c2)n1. The van der Waals surface area contributed by atoms with Gasteiger partial charge < -0.3 is 15.0 Å². The first-order valence-electron chi connectivity index (χ1n) is 12.4. The number of hydrogen-bond donors (Lipinski definition) is 2. The van der Waals surface area contributed by atoms with Crippen molar-refractivity contribution in [2.45, 2.75) is 38.6 Å². The number of aromatic nitrogens is 4. The predicted molar refractivity (Wildman–Crippen MR) is 145 cm³/mol. The molecular weight excluding hydrogens is 466 g/mol. The number of hydrogen-bond acceptors (Lipinski definition) is 6. The van der Waals surface area contributed by atoms with E-state index in [1.807, 2.05) is 24.3 Å². The van der Waals surface area contributed by atoms with Crippen LogP contribution in [-0.2, 0) is 12.8 Å². The van der Waals surface area contributed by atoms with E-state index in [1.54, 1.807) is 6.20 Å². The van der Waals surface area contributed by atoms with E-state index in [1.165, 1.54) is 16.0 Å². The number of aromatic amines is 1. The molecule has 0 fully saturated rings. The van der Waals surface area contributed by atoms with E-state index in [0.717, 1.165) is 59.1 Å². The van der Waals surface area contributed by atoms with Crippen molar-refractivity contribution in [2.75, 3.05) is 13.2 Å². The van der Waals surface area contributed by atoms with Gasteiger partial charge in [0.1, 0.15) is 17.4 Å². The fraction of sp³-hybridized carbons (Fsp3) is 0.276. The van der Waals surface area contributed by atoms with Gasteiger partial charge in [-0.15, -0.1) is 11.3 Å². The summed E-state index contributed by atoms with van der Waals surface area (Å²) in [7, 11) is 0. The van der Waals surface area contributed by atoms with Crippen molar-refractivity contribution in [3.05, 3.63) is 93.8 Å². The van der Waals surface area contributed by atoms with Crippen LogP contribution in [0.15, 0.2) is 66.2 Å². The third-order valence-corrected chi connectivity index (χ3v) is 7.79. The Morgan fingerprint density at radius 3 is 2.94 bits per heavy atom. The van der Waals surface area contributed by atoms with E-state index in [-0.39, 0.29) is 12.0 Å². The third kappa shape index (κ3) is 4.76. The van der Waals surface area contributed by atoms with Crippen molar-refractivity contribution in [1.82, 2.24) is 25.3 Å². The minimum Gasteiger partial charge on any atom is -0.493 e. The molecule has 182 valence electrons. The topological polar surface area (TPSA) is 75.7 Å². The number of H-pyrrole nitrogens is 1. The number of nitrogens with one attached hydrogen (secondary N) is 2. The molecule has 2 N–H and O–H groups in total. The van der Waals surface area contributed by atoms with Crippen LogP contribution >= 0.6 is 11.3 Å². The molecule has 36 heavy (non-hydrogen) atoms. The van der Waals surface area contributed by atoms with E-state index < -0.39 is 0 Å². The highest BCUT2D eigenvalue weighted by Gasteiger charge is 2.25. The Morgan fingerprint density at radius 2 is 2.08 bits per heavy atom. The number of ether oxygens (including phenoxy) is 1. The summed E-state index contributed by atoms with van der Waals surface area (Å²) in [6.07, 6.45) is 3.76. The van der Waals surface area contributed by atoms with Crippen LogP contribution in [0.2, 0.25) is 0 Å². The molecule has 0 bridgehead atoms. The standard InChI is InChI=1S/C29H29N5OS/c1-18(30-11-9-24-4-3-13-36-24)20-6-8-28-22(14-20)15-23(17-35-28)29-33-26-7-5-21(16-27(26)34-29)25-10-12-31-19(2)32-25/h3-8,10,12-14,16,18,23,30H,9,11,15,17H2,1-2H3,(H,33,34). The number of thiophene rings is 1. The largest absolute Gasteiger partial charge is 0.493 e. The minimum absolute atomic E-state index is 0.187. The Bertz CT molecular complexity index is 1490. The van der Waals surface area contributed by atoms with Crippen molar-refractivity contribution in [2.24, 2.45) is 0 Å². The number of imidazole rings is 1. The monoisotopic (exact) mass is 495 g/mol. The van der Waals surface area contributed by atoms with Gasteiger partial charge in [-0.05, 0) is 73.5 Å². The summed E-state index contributed by atoms with van der Waals surface area (Å²) < 4.78 is 6.16. The molecular formula is C29H29N5OS. The molecule has 0 aliphatic carbocycles.